The minimum atomic E-state index is 1.71. The molecule has 52 valence electrons. The number of rotatable bonds is 2. The van der Waals surface area contributed by atoms with Gasteiger partial charge in [-0.05, 0) is 6.08 Å². The fraction of sp³-hybridized carbons (Fsp3) is 0.375. The van der Waals surface area contributed by atoms with E-state index in [2.05, 4.69) is 11.6 Å². The van der Waals surface area contributed by atoms with Crippen molar-refractivity contribution >= 4 is 6.21 Å². The summed E-state index contributed by atoms with van der Waals surface area (Å²) in [5, 5.41) is 0. The van der Waals surface area contributed by atoms with E-state index in [0.29, 0.717) is 0 Å². The molecule has 1 heteroatoms. The highest BCUT2D eigenvalue weighted by molar-refractivity contribution is 5.71. The van der Waals surface area contributed by atoms with E-state index in [1.165, 1.54) is 0 Å². The lowest BCUT2D eigenvalue weighted by atomic mass is 10.5. The van der Waals surface area contributed by atoms with Gasteiger partial charge < -0.3 is 0 Å². The van der Waals surface area contributed by atoms with Gasteiger partial charge >= 0.3 is 0 Å². The number of nitrogens with zero attached hydrogens (tertiary/aromatic N) is 1. The first-order valence-electron chi connectivity index (χ1n) is 3.11. The highest BCUT2D eigenvalue weighted by Gasteiger charge is 1.52. The van der Waals surface area contributed by atoms with Crippen molar-refractivity contribution in [2.24, 2.45) is 4.99 Å². The molecule has 0 N–H and O–H groups in total. The van der Waals surface area contributed by atoms with Crippen molar-refractivity contribution in [3.8, 4) is 0 Å². The third kappa shape index (κ3) is 19.1. The van der Waals surface area contributed by atoms with Crippen molar-refractivity contribution < 1.29 is 0 Å². The van der Waals surface area contributed by atoms with Crippen LogP contribution < -0.4 is 0 Å². The van der Waals surface area contributed by atoms with Gasteiger partial charge in [0.05, 0.1) is 0 Å². The Balaban J connectivity index is 0. The molecule has 0 aliphatic rings. The van der Waals surface area contributed by atoms with Crippen LogP contribution >= 0.6 is 0 Å². The second-order valence-electron chi connectivity index (χ2n) is 1.03. The summed E-state index contributed by atoms with van der Waals surface area (Å²) in [4.78, 5) is 3.71. The third-order valence-electron chi connectivity index (χ3n) is 0.482. The highest BCUT2D eigenvalue weighted by atomic mass is 14.6. The summed E-state index contributed by atoms with van der Waals surface area (Å²) in [5.74, 6) is 0. The van der Waals surface area contributed by atoms with E-state index in [-0.39, 0.29) is 0 Å². The Morgan fingerprint density at radius 3 is 2.11 bits per heavy atom. The summed E-state index contributed by atoms with van der Waals surface area (Å²) in [6, 6.07) is 0. The molecule has 0 amide bonds. The zero-order valence-electron chi connectivity index (χ0n) is 6.46. The molecule has 0 aromatic carbocycles. The van der Waals surface area contributed by atoms with E-state index in [1.807, 2.05) is 26.0 Å². The van der Waals surface area contributed by atoms with Crippen LogP contribution in [0.5, 0.6) is 0 Å². The van der Waals surface area contributed by atoms with E-state index in [9.17, 15) is 0 Å². The van der Waals surface area contributed by atoms with Gasteiger partial charge in [-0.3, -0.25) is 4.99 Å². The number of hydrogen-bond acceptors (Lipinski definition) is 1. The monoisotopic (exact) mass is 125 g/mol. The lowest BCUT2D eigenvalue weighted by molar-refractivity contribution is 1.48. The van der Waals surface area contributed by atoms with Crippen molar-refractivity contribution in [3.05, 3.63) is 24.8 Å². The molecule has 0 bridgehead atoms. The van der Waals surface area contributed by atoms with Crippen molar-refractivity contribution in [1.82, 2.24) is 0 Å². The average molecular weight is 125 g/mol. The van der Waals surface area contributed by atoms with Gasteiger partial charge in [0.25, 0.3) is 0 Å². The van der Waals surface area contributed by atoms with Crippen molar-refractivity contribution in [3.63, 3.8) is 0 Å². The summed E-state index contributed by atoms with van der Waals surface area (Å²) >= 11 is 0. The summed E-state index contributed by atoms with van der Waals surface area (Å²) in [6.45, 7) is 7.48. The predicted octanol–water partition coefficient (Wildman–Crippen LogP) is 2.46. The molecule has 0 spiro atoms. The smallest absolute Gasteiger partial charge is 0.0277 e. The molecule has 1 nitrogen and oxygen atoms in total. The van der Waals surface area contributed by atoms with Crippen LogP contribution in [0.15, 0.2) is 29.8 Å². The van der Waals surface area contributed by atoms with Gasteiger partial charge in [-0.15, -0.1) is 0 Å². The lowest BCUT2D eigenvalue weighted by Crippen LogP contribution is -1.57. The fourth-order valence-corrected chi connectivity index (χ4v) is 0.214. The van der Waals surface area contributed by atoms with Gasteiger partial charge in [-0.25, -0.2) is 0 Å². The summed E-state index contributed by atoms with van der Waals surface area (Å²) < 4.78 is 0. The molecule has 0 fully saturated rings. The van der Waals surface area contributed by atoms with Gasteiger partial charge in [0.1, 0.15) is 0 Å². The molecule has 0 heterocycles. The Morgan fingerprint density at radius 2 is 1.78 bits per heavy atom. The van der Waals surface area contributed by atoms with Crippen LogP contribution in [0.2, 0.25) is 0 Å². The molecule has 0 saturated heterocycles. The first-order chi connectivity index (χ1) is 4.41. The standard InChI is InChI=1S/C6H9N.C2H6/c1-3-4-5-6-7-2;1-2/h3-6H,1H2,2H3;1-2H3/b5-4-,7-6?;. The zero-order chi connectivity index (χ0) is 7.54. The summed E-state index contributed by atoms with van der Waals surface area (Å²) in [6.07, 6.45) is 7.07. The number of hydrogen-bond donors (Lipinski definition) is 0. The van der Waals surface area contributed by atoms with Crippen LogP contribution in [-0.4, -0.2) is 13.3 Å². The molecule has 0 saturated carbocycles. The van der Waals surface area contributed by atoms with Gasteiger partial charge in [-0.2, -0.15) is 0 Å². The summed E-state index contributed by atoms with van der Waals surface area (Å²) in [7, 11) is 1.73. The lowest BCUT2D eigenvalue weighted by Gasteiger charge is -1.65. The van der Waals surface area contributed by atoms with Crippen LogP contribution in [0.1, 0.15) is 13.8 Å². The van der Waals surface area contributed by atoms with Crippen LogP contribution in [0.4, 0.5) is 0 Å². The third-order valence-corrected chi connectivity index (χ3v) is 0.482. The molecule has 0 rings (SSSR count). The molecule has 0 radical (unpaired) electrons. The van der Waals surface area contributed by atoms with Crippen molar-refractivity contribution in [2.75, 3.05) is 7.05 Å². The number of aliphatic imine (C=N–C) groups is 1. The van der Waals surface area contributed by atoms with Gasteiger partial charge in [0, 0.05) is 13.3 Å². The second kappa shape index (κ2) is 15.7. The molecule has 0 aromatic rings. The molecule has 9 heavy (non-hydrogen) atoms. The average Bonchev–Trinajstić information content (AvgIpc) is 1.94. The molecule has 0 aromatic heterocycles. The molecule has 0 aliphatic carbocycles. The molecule has 0 unspecified atom stereocenters. The Kier molecular flexibility index (Phi) is 19.2. The Labute approximate surface area is 57.8 Å². The van der Waals surface area contributed by atoms with E-state index in [0.717, 1.165) is 0 Å². The van der Waals surface area contributed by atoms with Crippen molar-refractivity contribution in [2.45, 2.75) is 13.8 Å². The largest absolute Gasteiger partial charge is 0.297 e. The molecule has 0 atom stereocenters. The van der Waals surface area contributed by atoms with Gasteiger partial charge in [-0.1, -0.05) is 32.6 Å². The quantitative estimate of drug-likeness (QED) is 0.397. The van der Waals surface area contributed by atoms with E-state index in [1.54, 1.807) is 19.3 Å². The highest BCUT2D eigenvalue weighted by Crippen LogP contribution is 1.66. The molecular formula is C8H15N. The molecular weight excluding hydrogens is 110 g/mol. The van der Waals surface area contributed by atoms with E-state index in [4.69, 9.17) is 0 Å². The normalized spacial score (nSPS) is 9.22. The second-order valence-corrected chi connectivity index (χ2v) is 1.03. The Bertz CT molecular complexity index is 90.7. The first-order valence-corrected chi connectivity index (χ1v) is 3.11. The van der Waals surface area contributed by atoms with Gasteiger partial charge in [0.15, 0.2) is 0 Å². The zero-order valence-corrected chi connectivity index (χ0v) is 6.46. The topological polar surface area (TPSA) is 12.4 Å². The van der Waals surface area contributed by atoms with Crippen LogP contribution in [0.3, 0.4) is 0 Å². The fourth-order valence-electron chi connectivity index (χ4n) is 0.214. The predicted molar refractivity (Wildman–Crippen MR) is 45.1 cm³/mol. The van der Waals surface area contributed by atoms with E-state index >= 15 is 0 Å². The van der Waals surface area contributed by atoms with Crippen molar-refractivity contribution in [1.29, 1.82) is 0 Å². The Morgan fingerprint density at radius 1 is 1.22 bits per heavy atom. The molecule has 0 aliphatic heterocycles. The summed E-state index contributed by atoms with van der Waals surface area (Å²) in [5.41, 5.74) is 0. The first kappa shape index (κ1) is 11.0. The van der Waals surface area contributed by atoms with Crippen LogP contribution in [-0.2, 0) is 0 Å². The van der Waals surface area contributed by atoms with Gasteiger partial charge in [0.2, 0.25) is 0 Å². The van der Waals surface area contributed by atoms with Crippen LogP contribution in [0.25, 0.3) is 0 Å². The SMILES string of the molecule is C=C/C=C\C=NC.CC. The van der Waals surface area contributed by atoms with Crippen LogP contribution in [0, 0.1) is 0 Å². The maximum Gasteiger partial charge on any atom is 0.0277 e. The minimum Gasteiger partial charge on any atom is -0.297 e. The van der Waals surface area contributed by atoms with E-state index < -0.39 is 0 Å². The minimum absolute atomic E-state index is 1.71. The Hall–Kier alpha value is -0.850. The maximum absolute atomic E-state index is 3.71. The number of allylic oxidation sites excluding steroid dienone is 3. The maximum atomic E-state index is 3.71.